The highest BCUT2D eigenvalue weighted by Gasteiger charge is 2.44. The van der Waals surface area contributed by atoms with Crippen LogP contribution in [0.1, 0.15) is 74.9 Å². The number of nitrogens with zero attached hydrogens (tertiary/aromatic N) is 2. The van der Waals surface area contributed by atoms with E-state index < -0.39 is 77.7 Å². The second-order valence-corrected chi connectivity index (χ2v) is 10.9. The first-order valence-corrected chi connectivity index (χ1v) is 13.6. The number of carbonyl (C=O) groups excluding carboxylic acids is 2. The normalized spacial score (nSPS) is 17.5. The van der Waals surface area contributed by atoms with Crippen LogP contribution in [0.2, 0.25) is 0 Å². The first kappa shape index (κ1) is 34.8. The fourth-order valence-corrected chi connectivity index (χ4v) is 5.03. The van der Waals surface area contributed by atoms with E-state index >= 15 is 0 Å². The number of fused-ring (bicyclic) bond motifs is 1. The van der Waals surface area contributed by atoms with Crippen LogP contribution in [0.25, 0.3) is 0 Å². The average molecular weight is 643 g/mol. The second kappa shape index (κ2) is 12.8. The van der Waals surface area contributed by atoms with Crippen LogP contribution in [0.3, 0.4) is 0 Å². The summed E-state index contributed by atoms with van der Waals surface area (Å²) < 4.78 is 133. The highest BCUT2D eigenvalue weighted by Crippen LogP contribution is 2.46. The molecule has 0 spiro atoms. The summed E-state index contributed by atoms with van der Waals surface area (Å²) in [5.41, 5.74) is -5.27. The molecule has 0 bridgehead atoms. The lowest BCUT2D eigenvalue weighted by molar-refractivity contribution is -0.143. The lowest BCUT2D eigenvalue weighted by atomic mass is 9.84. The molecule has 1 aliphatic rings. The molecule has 15 heteroatoms. The van der Waals surface area contributed by atoms with E-state index in [4.69, 9.17) is 9.47 Å². The van der Waals surface area contributed by atoms with Gasteiger partial charge in [-0.3, -0.25) is 9.80 Å². The minimum absolute atomic E-state index is 0.0621. The van der Waals surface area contributed by atoms with E-state index in [-0.39, 0.29) is 36.3 Å². The predicted octanol–water partition coefficient (Wildman–Crippen LogP) is 9.22. The fourth-order valence-electron chi connectivity index (χ4n) is 5.03. The van der Waals surface area contributed by atoms with E-state index in [9.17, 15) is 49.1 Å². The van der Waals surface area contributed by atoms with Gasteiger partial charge in [0.25, 0.3) is 0 Å². The molecule has 1 heterocycles. The molecule has 0 fully saturated rings. The largest absolute Gasteiger partial charge is 0.450 e. The average Bonchev–Trinajstić information content (AvgIpc) is 2.88. The topological polar surface area (TPSA) is 59.1 Å². The van der Waals surface area contributed by atoms with Gasteiger partial charge in [0.05, 0.1) is 41.1 Å². The van der Waals surface area contributed by atoms with Crippen LogP contribution in [0.15, 0.2) is 36.4 Å². The highest BCUT2D eigenvalue weighted by molar-refractivity contribution is 5.91. The summed E-state index contributed by atoms with van der Waals surface area (Å²) in [6.45, 7) is 6.79. The van der Waals surface area contributed by atoms with Gasteiger partial charge < -0.3 is 9.47 Å². The molecule has 1 aliphatic heterocycles. The van der Waals surface area contributed by atoms with Gasteiger partial charge in [-0.15, -0.1) is 0 Å². The Morgan fingerprint density at radius 1 is 0.864 bits per heavy atom. The van der Waals surface area contributed by atoms with Gasteiger partial charge in [-0.05, 0) is 80.6 Å². The summed E-state index contributed by atoms with van der Waals surface area (Å²) in [4.78, 5) is 28.4. The van der Waals surface area contributed by atoms with Crippen molar-refractivity contribution in [2.24, 2.45) is 5.92 Å². The van der Waals surface area contributed by atoms with Crippen LogP contribution in [0.4, 0.5) is 54.8 Å². The van der Waals surface area contributed by atoms with Crippen LogP contribution in [0.5, 0.6) is 0 Å². The summed E-state index contributed by atoms with van der Waals surface area (Å²) in [6, 6.07) is 1.09. The van der Waals surface area contributed by atoms with Crippen LogP contribution in [-0.4, -0.2) is 35.8 Å². The van der Waals surface area contributed by atoms with Crippen molar-refractivity contribution in [2.75, 3.05) is 11.5 Å². The number of carbonyl (C=O) groups is 2. The molecule has 0 aromatic heterocycles. The lowest BCUT2D eigenvalue weighted by Gasteiger charge is -2.45. The number of halogens is 9. The van der Waals surface area contributed by atoms with Gasteiger partial charge in [-0.25, -0.2) is 9.59 Å². The van der Waals surface area contributed by atoms with Crippen molar-refractivity contribution >= 4 is 17.9 Å². The van der Waals surface area contributed by atoms with Crippen LogP contribution >= 0.6 is 0 Å². The van der Waals surface area contributed by atoms with E-state index in [1.807, 2.05) is 0 Å². The Balaban J connectivity index is 2.28. The molecule has 44 heavy (non-hydrogen) atoms. The number of hydrogen-bond acceptors (Lipinski definition) is 4. The zero-order valence-electron chi connectivity index (χ0n) is 24.3. The van der Waals surface area contributed by atoms with E-state index in [1.165, 1.54) is 6.92 Å². The predicted molar refractivity (Wildman–Crippen MR) is 141 cm³/mol. The van der Waals surface area contributed by atoms with Crippen molar-refractivity contribution in [3.63, 3.8) is 0 Å². The van der Waals surface area contributed by atoms with Crippen LogP contribution in [0, 0.1) is 5.92 Å². The number of hydrogen-bond donors (Lipinski definition) is 0. The van der Waals surface area contributed by atoms with Gasteiger partial charge in [-0.2, -0.15) is 39.5 Å². The van der Waals surface area contributed by atoms with Gasteiger partial charge in [0.2, 0.25) is 0 Å². The molecule has 0 aliphatic carbocycles. The zero-order valence-corrected chi connectivity index (χ0v) is 24.3. The summed E-state index contributed by atoms with van der Waals surface area (Å²) in [5, 5.41) is 0. The molecule has 0 radical (unpaired) electrons. The minimum Gasteiger partial charge on any atom is -0.450 e. The molecule has 3 rings (SSSR count). The Morgan fingerprint density at radius 2 is 1.41 bits per heavy atom. The maximum Gasteiger partial charge on any atom is 0.416 e. The van der Waals surface area contributed by atoms with Crippen molar-refractivity contribution in [3.8, 4) is 0 Å². The van der Waals surface area contributed by atoms with Crippen LogP contribution in [-0.2, 0) is 34.5 Å². The summed E-state index contributed by atoms with van der Waals surface area (Å²) in [6.07, 6.45) is -18.1. The standard InChI is InChI=1S/C29H31F9N2O4/c1-6-43-25(41)39(14-17-9-19(28(33,34)35)11-20(10-17)29(36,37)38)24-13-23(15(2)3)40(26(42)44-16(4)5)22-8-7-18(12-21(22)24)27(30,31)32/h7-12,15-16,23-24H,6,13-14H2,1-5H3/t23-,24-/m1/s1. The molecule has 0 saturated heterocycles. The number of alkyl halides is 9. The summed E-state index contributed by atoms with van der Waals surface area (Å²) in [7, 11) is 0. The van der Waals surface area contributed by atoms with Crippen molar-refractivity contribution in [2.45, 2.75) is 84.3 Å². The molecule has 0 N–H and O–H groups in total. The van der Waals surface area contributed by atoms with E-state index in [2.05, 4.69) is 0 Å². The maximum absolute atomic E-state index is 13.8. The third-order valence-electron chi connectivity index (χ3n) is 6.95. The molecular formula is C29H31F9N2O4. The SMILES string of the molecule is CCOC(=O)N(Cc1cc(C(F)(F)F)cc(C(F)(F)F)c1)[C@@H]1C[C@H](C(C)C)N(C(=O)OC(C)C)c2ccc(C(F)(F)F)cc21. The Kier molecular flexibility index (Phi) is 10.1. The molecule has 0 saturated carbocycles. The number of ether oxygens (including phenoxy) is 2. The van der Waals surface area contributed by atoms with Gasteiger partial charge >= 0.3 is 30.7 Å². The second-order valence-electron chi connectivity index (χ2n) is 10.9. The van der Waals surface area contributed by atoms with E-state index in [0.717, 1.165) is 21.9 Å². The van der Waals surface area contributed by atoms with E-state index in [0.29, 0.717) is 18.2 Å². The third-order valence-corrected chi connectivity index (χ3v) is 6.95. The first-order chi connectivity index (χ1) is 20.1. The van der Waals surface area contributed by atoms with Crippen LogP contribution < -0.4 is 4.90 Å². The summed E-state index contributed by atoms with van der Waals surface area (Å²) in [5.74, 6) is -0.387. The monoisotopic (exact) mass is 642 g/mol. The minimum atomic E-state index is -5.18. The van der Waals surface area contributed by atoms with Gasteiger partial charge in [0.15, 0.2) is 0 Å². The van der Waals surface area contributed by atoms with Gasteiger partial charge in [0, 0.05) is 12.6 Å². The molecule has 2 aromatic carbocycles. The number of amides is 2. The quantitative estimate of drug-likeness (QED) is 0.295. The Morgan fingerprint density at radius 3 is 1.86 bits per heavy atom. The summed E-state index contributed by atoms with van der Waals surface area (Å²) >= 11 is 0. The fraction of sp³-hybridized carbons (Fsp3) is 0.517. The smallest absolute Gasteiger partial charge is 0.416 e. The molecule has 2 atom stereocenters. The third kappa shape index (κ3) is 7.89. The first-order valence-electron chi connectivity index (χ1n) is 13.6. The molecule has 244 valence electrons. The Hall–Kier alpha value is -3.65. The van der Waals surface area contributed by atoms with Crippen molar-refractivity contribution in [1.82, 2.24) is 4.90 Å². The molecule has 2 amide bonds. The Bertz CT molecular complexity index is 1320. The van der Waals surface area contributed by atoms with E-state index in [1.54, 1.807) is 27.7 Å². The molecular weight excluding hydrogens is 611 g/mol. The number of benzene rings is 2. The van der Waals surface area contributed by atoms with Crippen molar-refractivity contribution < 1.29 is 58.6 Å². The lowest BCUT2D eigenvalue weighted by Crippen LogP contribution is -2.51. The molecule has 0 unspecified atom stereocenters. The number of anilines is 1. The van der Waals surface area contributed by atoms with Gasteiger partial charge in [0.1, 0.15) is 0 Å². The molecule has 6 nitrogen and oxygen atoms in total. The number of rotatable bonds is 6. The Labute approximate surface area is 247 Å². The zero-order chi connectivity index (χ0) is 33.4. The van der Waals surface area contributed by atoms with Crippen molar-refractivity contribution in [3.05, 3.63) is 64.2 Å². The highest BCUT2D eigenvalue weighted by atomic mass is 19.4. The van der Waals surface area contributed by atoms with Crippen molar-refractivity contribution in [1.29, 1.82) is 0 Å². The maximum atomic E-state index is 13.8. The van der Waals surface area contributed by atoms with Gasteiger partial charge in [-0.1, -0.05) is 13.8 Å². The molecule has 2 aromatic rings.